The van der Waals surface area contributed by atoms with Gasteiger partial charge in [0, 0.05) is 21.5 Å². The van der Waals surface area contributed by atoms with E-state index in [-0.39, 0.29) is 0 Å². The van der Waals surface area contributed by atoms with Crippen molar-refractivity contribution in [2.45, 2.75) is 105 Å². The minimum atomic E-state index is -0.731. The number of unbranched alkanes of at least 4 members (excludes halogenated alkanes) is 10. The van der Waals surface area contributed by atoms with E-state index in [1.165, 1.54) is 38.5 Å². The van der Waals surface area contributed by atoms with Crippen LogP contribution in [0.4, 0.5) is 9.59 Å². The summed E-state index contributed by atoms with van der Waals surface area (Å²) < 4.78 is 22.5. The van der Waals surface area contributed by atoms with Crippen LogP contribution in [-0.4, -0.2) is 25.5 Å². The lowest BCUT2D eigenvalue weighted by molar-refractivity contribution is 0.0965. The molecule has 0 heterocycles. The van der Waals surface area contributed by atoms with Gasteiger partial charge < -0.3 is 18.9 Å². The van der Waals surface area contributed by atoms with E-state index in [1.807, 2.05) is 50.2 Å². The lowest BCUT2D eigenvalue weighted by atomic mass is 9.98. The third-order valence-corrected chi connectivity index (χ3v) is 7.14. The average Bonchev–Trinajstić information content (AvgIpc) is 2.93. The molecule has 0 saturated heterocycles. The van der Waals surface area contributed by atoms with Crippen molar-refractivity contribution >= 4 is 33.9 Å². The summed E-state index contributed by atoms with van der Waals surface area (Å²) in [6.07, 6.45) is 11.8. The van der Waals surface area contributed by atoms with Crippen molar-refractivity contribution in [3.63, 3.8) is 0 Å². The Kier molecular flexibility index (Phi) is 13.1. The molecule has 0 N–H and O–H groups in total. The number of benzene rings is 3. The summed E-state index contributed by atoms with van der Waals surface area (Å²) in [5.41, 5.74) is 1.97. The zero-order valence-corrected chi connectivity index (χ0v) is 24.8. The molecule has 0 aromatic heterocycles. The molecule has 0 atom stereocenters. The Labute approximate surface area is 239 Å². The summed E-state index contributed by atoms with van der Waals surface area (Å²) in [5.74, 6) is 0.795. The van der Waals surface area contributed by atoms with Gasteiger partial charge in [-0.15, -0.1) is 0 Å². The van der Waals surface area contributed by atoms with Gasteiger partial charge >= 0.3 is 12.3 Å². The summed E-state index contributed by atoms with van der Waals surface area (Å²) in [6.45, 7) is 8.96. The molecule has 0 amide bonds. The van der Waals surface area contributed by atoms with Crippen LogP contribution >= 0.6 is 0 Å². The van der Waals surface area contributed by atoms with E-state index in [4.69, 9.17) is 18.9 Å². The molecule has 0 bridgehead atoms. The van der Waals surface area contributed by atoms with Gasteiger partial charge in [-0.05, 0) is 38.8 Å². The second kappa shape index (κ2) is 16.7. The number of ether oxygens (including phenoxy) is 4. The molecule has 0 radical (unpaired) electrons. The molecule has 0 fully saturated rings. The summed E-state index contributed by atoms with van der Waals surface area (Å²) in [4.78, 5) is 25.5. The highest BCUT2D eigenvalue weighted by atomic mass is 16.7. The van der Waals surface area contributed by atoms with Gasteiger partial charge in [0.05, 0.1) is 13.2 Å². The van der Waals surface area contributed by atoms with E-state index in [0.29, 0.717) is 46.3 Å². The van der Waals surface area contributed by atoms with Crippen molar-refractivity contribution in [1.29, 1.82) is 0 Å². The normalized spacial score (nSPS) is 11.1. The van der Waals surface area contributed by atoms with Crippen LogP contribution in [0.25, 0.3) is 21.5 Å². The first-order chi connectivity index (χ1) is 19.4. The Hall–Kier alpha value is -3.28. The lowest BCUT2D eigenvalue weighted by Crippen LogP contribution is -2.14. The second-order valence-corrected chi connectivity index (χ2v) is 10.7. The molecule has 3 rings (SSSR count). The minimum absolute atomic E-state index is 0.324. The molecule has 40 heavy (non-hydrogen) atoms. The van der Waals surface area contributed by atoms with Crippen LogP contribution in [0.5, 0.6) is 11.5 Å². The molecule has 0 aliphatic heterocycles. The Balaban J connectivity index is 1.78. The molecule has 6 nitrogen and oxygen atoms in total. The van der Waals surface area contributed by atoms with E-state index in [9.17, 15) is 9.59 Å². The largest absolute Gasteiger partial charge is 0.513 e. The van der Waals surface area contributed by atoms with E-state index in [2.05, 4.69) is 13.8 Å². The lowest BCUT2D eigenvalue weighted by Gasteiger charge is -2.17. The Morgan fingerprint density at radius 2 is 0.900 bits per heavy atom. The van der Waals surface area contributed by atoms with Crippen LogP contribution in [0.3, 0.4) is 0 Å². The van der Waals surface area contributed by atoms with Gasteiger partial charge in [0.2, 0.25) is 0 Å². The molecule has 218 valence electrons. The molecule has 6 heteroatoms. The Bertz CT molecular complexity index is 1150. The van der Waals surface area contributed by atoms with Gasteiger partial charge in [-0.3, -0.25) is 0 Å². The Morgan fingerprint density at radius 1 is 0.525 bits per heavy atom. The van der Waals surface area contributed by atoms with Gasteiger partial charge in [0.1, 0.15) is 11.5 Å². The van der Waals surface area contributed by atoms with E-state index >= 15 is 0 Å². The second-order valence-electron chi connectivity index (χ2n) is 10.7. The predicted octanol–water partition coefficient (Wildman–Crippen LogP) is 10.4. The molecular formula is C34H46O6. The third-order valence-electron chi connectivity index (χ3n) is 7.14. The highest BCUT2D eigenvalue weighted by Gasteiger charge is 2.21. The van der Waals surface area contributed by atoms with Crippen molar-refractivity contribution < 1.29 is 28.5 Å². The molecule has 0 unspecified atom stereocenters. The van der Waals surface area contributed by atoms with Crippen LogP contribution in [0.15, 0.2) is 36.4 Å². The van der Waals surface area contributed by atoms with Crippen molar-refractivity contribution in [3.05, 3.63) is 47.5 Å². The number of rotatable bonds is 16. The third kappa shape index (κ3) is 9.42. The van der Waals surface area contributed by atoms with Crippen molar-refractivity contribution in [3.8, 4) is 11.5 Å². The molecule has 0 aliphatic rings. The minimum Gasteiger partial charge on any atom is -0.434 e. The maximum absolute atomic E-state index is 12.7. The number of carbonyl (C=O) groups excluding carboxylic acids is 2. The summed E-state index contributed by atoms with van der Waals surface area (Å²) in [5, 5.41) is 2.68. The van der Waals surface area contributed by atoms with Gasteiger partial charge in [-0.2, -0.15) is 0 Å². The van der Waals surface area contributed by atoms with Crippen molar-refractivity contribution in [2.24, 2.45) is 0 Å². The number of hydrogen-bond donors (Lipinski definition) is 0. The van der Waals surface area contributed by atoms with E-state index in [1.54, 1.807) is 0 Å². The first-order valence-electron chi connectivity index (χ1n) is 15.1. The van der Waals surface area contributed by atoms with Crippen LogP contribution in [0.1, 0.15) is 102 Å². The quantitative estimate of drug-likeness (QED) is 0.0764. The van der Waals surface area contributed by atoms with Crippen LogP contribution in [0, 0.1) is 13.8 Å². The van der Waals surface area contributed by atoms with Crippen LogP contribution < -0.4 is 9.47 Å². The first-order valence-corrected chi connectivity index (χ1v) is 15.1. The van der Waals surface area contributed by atoms with Gasteiger partial charge in [0.15, 0.2) is 0 Å². The predicted molar refractivity (Wildman–Crippen MR) is 162 cm³/mol. The highest BCUT2D eigenvalue weighted by molar-refractivity contribution is 6.12. The molecule has 0 saturated carbocycles. The molecule has 3 aromatic carbocycles. The first kappa shape index (κ1) is 31.3. The number of fused-ring (bicyclic) bond motifs is 2. The summed E-state index contributed by atoms with van der Waals surface area (Å²) >= 11 is 0. The summed E-state index contributed by atoms with van der Waals surface area (Å²) in [7, 11) is 0. The fourth-order valence-corrected chi connectivity index (χ4v) is 4.90. The van der Waals surface area contributed by atoms with Gasteiger partial charge in [-0.25, -0.2) is 9.59 Å². The fraction of sp³-hybridized carbons (Fsp3) is 0.529. The smallest absolute Gasteiger partial charge is 0.434 e. The fourth-order valence-electron chi connectivity index (χ4n) is 4.90. The number of hydrogen-bond acceptors (Lipinski definition) is 6. The van der Waals surface area contributed by atoms with Gasteiger partial charge in [0.25, 0.3) is 0 Å². The maximum Gasteiger partial charge on any atom is 0.513 e. The molecule has 0 aliphatic carbocycles. The summed E-state index contributed by atoms with van der Waals surface area (Å²) in [6, 6.07) is 11.5. The van der Waals surface area contributed by atoms with Crippen LogP contribution in [-0.2, 0) is 9.47 Å². The van der Waals surface area contributed by atoms with E-state index in [0.717, 1.165) is 49.7 Å². The van der Waals surface area contributed by atoms with Crippen molar-refractivity contribution in [2.75, 3.05) is 13.2 Å². The number of aryl methyl sites for hydroxylation is 2. The van der Waals surface area contributed by atoms with Crippen molar-refractivity contribution in [1.82, 2.24) is 0 Å². The maximum atomic E-state index is 12.7. The monoisotopic (exact) mass is 550 g/mol. The molecular weight excluding hydrogens is 504 g/mol. The molecule has 0 spiro atoms. The highest BCUT2D eigenvalue weighted by Crippen LogP contribution is 2.43. The Morgan fingerprint density at radius 3 is 1.30 bits per heavy atom. The van der Waals surface area contributed by atoms with Gasteiger partial charge in [-0.1, -0.05) is 113 Å². The average molecular weight is 551 g/mol. The zero-order valence-electron chi connectivity index (χ0n) is 24.8. The van der Waals surface area contributed by atoms with Crippen LogP contribution in [0.2, 0.25) is 0 Å². The number of carbonyl (C=O) groups is 2. The van der Waals surface area contributed by atoms with E-state index < -0.39 is 12.3 Å². The zero-order chi connectivity index (χ0) is 28.7. The standard InChI is InChI=1S/C34H46O6/c1-5-7-9-11-13-15-21-37-33(35)39-31-27-19-17-26(4)24-30(27)32(28-20-18-25(3)23-29(28)31)40-34(36)38-22-16-14-12-10-8-6-2/h17-20,23-24H,5-16,21-22H2,1-4H3. The SMILES string of the molecule is CCCCCCCCOC(=O)Oc1c2ccc(C)cc2c(OC(=O)OCCCCCCCC)c2ccc(C)cc12. The topological polar surface area (TPSA) is 71.1 Å². The molecule has 3 aromatic rings.